The molecule has 3 rings (SSSR count). The van der Waals surface area contributed by atoms with E-state index in [-0.39, 0.29) is 11.3 Å². The largest absolute Gasteiger partial charge is 0.494 e. The minimum atomic E-state index is -1.10. The molecule has 41 heavy (non-hydrogen) atoms. The first kappa shape index (κ1) is 30.8. The second-order valence-corrected chi connectivity index (χ2v) is 9.81. The van der Waals surface area contributed by atoms with Crippen LogP contribution in [0, 0.1) is 20.2 Å². The summed E-state index contributed by atoms with van der Waals surface area (Å²) in [5.74, 6) is -0.0876. The van der Waals surface area contributed by atoms with Crippen LogP contribution >= 0.6 is 11.8 Å². The number of hydrogen-bond donors (Lipinski definition) is 2. The van der Waals surface area contributed by atoms with Crippen molar-refractivity contribution >= 4 is 41.2 Å². The van der Waals surface area contributed by atoms with Crippen molar-refractivity contribution in [2.45, 2.75) is 31.6 Å². The average molecular weight is 580 g/mol. The molecule has 3 aromatic carbocycles. The Morgan fingerprint density at radius 1 is 1.00 bits per heavy atom. The van der Waals surface area contributed by atoms with Gasteiger partial charge < -0.3 is 10.1 Å². The Morgan fingerprint density at radius 3 is 2.27 bits per heavy atom. The number of nitrogens with one attached hydrogen (secondary N) is 2. The van der Waals surface area contributed by atoms with Gasteiger partial charge in [-0.25, -0.2) is 5.43 Å². The fourth-order valence-electron chi connectivity index (χ4n) is 3.46. The number of hydrazone groups is 1. The van der Waals surface area contributed by atoms with Gasteiger partial charge in [-0.05, 0) is 41.8 Å². The number of carbonyl (C=O) groups is 2. The number of non-ortho nitro benzene ring substituents is 2. The predicted octanol–water partition coefficient (Wildman–Crippen LogP) is 4.86. The van der Waals surface area contributed by atoms with Crippen LogP contribution in [0.3, 0.4) is 0 Å². The molecule has 1 unspecified atom stereocenters. The Labute approximate surface area is 240 Å². The summed E-state index contributed by atoms with van der Waals surface area (Å²) in [6.07, 6.45) is 3.42. The van der Waals surface area contributed by atoms with Crippen molar-refractivity contribution in [3.8, 4) is 5.75 Å². The fraction of sp³-hybridized carbons (Fsp3) is 0.250. The van der Waals surface area contributed by atoms with Gasteiger partial charge in [0, 0.05) is 23.6 Å². The van der Waals surface area contributed by atoms with Crippen LogP contribution in [0.15, 0.2) is 77.9 Å². The number of amides is 2. The molecule has 0 saturated carbocycles. The molecule has 0 aliphatic heterocycles. The van der Waals surface area contributed by atoms with E-state index in [4.69, 9.17) is 4.74 Å². The van der Waals surface area contributed by atoms with Gasteiger partial charge in [0.05, 0.1) is 34.3 Å². The molecule has 0 radical (unpaired) electrons. The molecule has 0 aliphatic rings. The first-order valence-electron chi connectivity index (χ1n) is 12.7. The quantitative estimate of drug-likeness (QED) is 0.111. The predicted molar refractivity (Wildman–Crippen MR) is 156 cm³/mol. The van der Waals surface area contributed by atoms with Crippen LogP contribution in [0.2, 0.25) is 0 Å². The number of nitro groups is 2. The fourth-order valence-corrected chi connectivity index (χ4v) is 4.48. The number of hydrogen-bond acceptors (Lipinski definition) is 9. The van der Waals surface area contributed by atoms with Crippen molar-refractivity contribution < 1.29 is 24.2 Å². The molecule has 2 N–H and O–H groups in total. The zero-order valence-electron chi connectivity index (χ0n) is 22.2. The number of rotatable bonds is 15. The van der Waals surface area contributed by atoms with Crippen LogP contribution in [-0.4, -0.2) is 46.3 Å². The second kappa shape index (κ2) is 15.7. The second-order valence-electron chi connectivity index (χ2n) is 8.78. The summed E-state index contributed by atoms with van der Waals surface area (Å²) < 4.78 is 5.63. The molecule has 0 bridgehead atoms. The maximum Gasteiger partial charge on any atom is 0.277 e. The van der Waals surface area contributed by atoms with E-state index in [1.165, 1.54) is 18.0 Å². The summed E-state index contributed by atoms with van der Waals surface area (Å²) in [4.78, 5) is 46.8. The number of carbonyl (C=O) groups excluding carboxylic acids is 2. The third-order valence-corrected chi connectivity index (χ3v) is 6.75. The number of ether oxygens (including phenoxy) is 1. The summed E-state index contributed by atoms with van der Waals surface area (Å²) in [5.41, 5.74) is 2.57. The highest BCUT2D eigenvalue weighted by Crippen LogP contribution is 2.23. The molecule has 2 amide bonds. The molecule has 0 saturated heterocycles. The van der Waals surface area contributed by atoms with Crippen LogP contribution in [0.4, 0.5) is 11.4 Å². The normalized spacial score (nSPS) is 11.5. The number of thioether (sulfide) groups is 1. The van der Waals surface area contributed by atoms with Gasteiger partial charge >= 0.3 is 0 Å². The molecule has 0 fully saturated rings. The van der Waals surface area contributed by atoms with E-state index in [0.29, 0.717) is 17.9 Å². The van der Waals surface area contributed by atoms with Gasteiger partial charge in [-0.15, -0.1) is 0 Å². The van der Waals surface area contributed by atoms with E-state index in [2.05, 4.69) is 22.8 Å². The zero-order chi connectivity index (χ0) is 29.6. The van der Waals surface area contributed by atoms with Crippen molar-refractivity contribution in [3.05, 3.63) is 110 Å². The smallest absolute Gasteiger partial charge is 0.277 e. The standard InChI is InChI=1S/C28H29N5O7S/c1-2-3-13-40-25-11-9-20(10-12-25)17-29-31-28(35)26(19-41-18-21-7-5-4-6-8-21)30-27(34)22-14-23(32(36)37)16-24(15-22)33(38)39/h4-12,14-17,26H,2-3,13,18-19H2,1H3,(H,30,34)(H,31,35). The van der Waals surface area contributed by atoms with Crippen LogP contribution < -0.4 is 15.5 Å². The Morgan fingerprint density at radius 2 is 1.66 bits per heavy atom. The van der Waals surface area contributed by atoms with Gasteiger partial charge in [0.25, 0.3) is 23.2 Å². The van der Waals surface area contributed by atoms with E-state index in [9.17, 15) is 29.8 Å². The van der Waals surface area contributed by atoms with Crippen molar-refractivity contribution in [1.29, 1.82) is 0 Å². The third-order valence-electron chi connectivity index (χ3n) is 5.64. The van der Waals surface area contributed by atoms with Crippen molar-refractivity contribution in [2.75, 3.05) is 12.4 Å². The van der Waals surface area contributed by atoms with E-state index in [1.54, 1.807) is 24.3 Å². The van der Waals surface area contributed by atoms with E-state index in [0.717, 1.165) is 42.4 Å². The van der Waals surface area contributed by atoms with Crippen molar-refractivity contribution in [3.63, 3.8) is 0 Å². The molecule has 0 heterocycles. The van der Waals surface area contributed by atoms with Crippen LogP contribution in [0.25, 0.3) is 0 Å². The third kappa shape index (κ3) is 10.0. The highest BCUT2D eigenvalue weighted by molar-refractivity contribution is 7.98. The number of nitro benzene ring substituents is 2. The lowest BCUT2D eigenvalue weighted by Crippen LogP contribution is -2.47. The number of benzene rings is 3. The molecule has 0 aromatic heterocycles. The SMILES string of the molecule is CCCCOc1ccc(C=NNC(=O)C(CSCc2ccccc2)NC(=O)c2cc([N+](=O)[O-])cc([N+](=O)[O-])c2)cc1. The lowest BCUT2D eigenvalue weighted by atomic mass is 10.1. The molecule has 12 nitrogen and oxygen atoms in total. The van der Waals surface area contributed by atoms with Gasteiger partial charge in [-0.3, -0.25) is 29.8 Å². The van der Waals surface area contributed by atoms with Gasteiger partial charge in [0.2, 0.25) is 0 Å². The van der Waals surface area contributed by atoms with Gasteiger partial charge in [-0.2, -0.15) is 16.9 Å². The van der Waals surface area contributed by atoms with Gasteiger partial charge in [-0.1, -0.05) is 43.7 Å². The lowest BCUT2D eigenvalue weighted by molar-refractivity contribution is -0.394. The maximum atomic E-state index is 13.0. The van der Waals surface area contributed by atoms with E-state index < -0.39 is 39.1 Å². The van der Waals surface area contributed by atoms with Crippen molar-refractivity contribution in [1.82, 2.24) is 10.7 Å². The zero-order valence-corrected chi connectivity index (χ0v) is 23.0. The monoisotopic (exact) mass is 579 g/mol. The minimum absolute atomic E-state index is 0.142. The van der Waals surface area contributed by atoms with Gasteiger partial charge in [0.1, 0.15) is 11.8 Å². The summed E-state index contributed by atoms with van der Waals surface area (Å²) in [6, 6.07) is 18.1. The molecular weight excluding hydrogens is 550 g/mol. The number of nitrogens with zero attached hydrogens (tertiary/aromatic N) is 3. The Kier molecular flexibility index (Phi) is 11.8. The van der Waals surface area contributed by atoms with Crippen LogP contribution in [-0.2, 0) is 10.5 Å². The average Bonchev–Trinajstić information content (AvgIpc) is 2.97. The molecule has 13 heteroatoms. The minimum Gasteiger partial charge on any atom is -0.494 e. The topological polar surface area (TPSA) is 166 Å². The highest BCUT2D eigenvalue weighted by atomic mass is 32.2. The Balaban J connectivity index is 1.70. The molecule has 1 atom stereocenters. The van der Waals surface area contributed by atoms with Crippen LogP contribution in [0.5, 0.6) is 5.75 Å². The molecular formula is C28H29N5O7S. The molecule has 0 spiro atoms. The van der Waals surface area contributed by atoms with Crippen LogP contribution in [0.1, 0.15) is 41.3 Å². The van der Waals surface area contributed by atoms with Gasteiger partial charge in [0.15, 0.2) is 0 Å². The Hall–Kier alpha value is -4.78. The first-order valence-corrected chi connectivity index (χ1v) is 13.8. The summed E-state index contributed by atoms with van der Waals surface area (Å²) in [6.45, 7) is 2.70. The van der Waals surface area contributed by atoms with E-state index >= 15 is 0 Å². The lowest BCUT2D eigenvalue weighted by Gasteiger charge is -2.17. The summed E-state index contributed by atoms with van der Waals surface area (Å²) >= 11 is 1.38. The van der Waals surface area contributed by atoms with E-state index in [1.807, 2.05) is 30.3 Å². The molecule has 214 valence electrons. The molecule has 0 aliphatic carbocycles. The number of unbranched alkanes of at least 4 members (excludes halogenated alkanes) is 1. The van der Waals surface area contributed by atoms with Crippen molar-refractivity contribution in [2.24, 2.45) is 5.10 Å². The molecule has 3 aromatic rings. The maximum absolute atomic E-state index is 13.0. The first-order chi connectivity index (χ1) is 19.8. The summed E-state index contributed by atoms with van der Waals surface area (Å²) in [5, 5.41) is 29.0. The summed E-state index contributed by atoms with van der Waals surface area (Å²) in [7, 11) is 0. The Bertz CT molecular complexity index is 1350. The highest BCUT2D eigenvalue weighted by Gasteiger charge is 2.25.